The number of rotatable bonds is 3. The largest absolute Gasteiger partial charge is 0.288 e. The second-order valence-electron chi connectivity index (χ2n) is 4.89. The third-order valence-corrected chi connectivity index (χ3v) is 4.19. The highest BCUT2D eigenvalue weighted by molar-refractivity contribution is 7.14. The van der Waals surface area contributed by atoms with E-state index in [1.165, 1.54) is 11.3 Å². The Morgan fingerprint density at radius 3 is 2.26 bits per heavy atom. The first-order valence-corrected chi connectivity index (χ1v) is 8.07. The highest BCUT2D eigenvalue weighted by Crippen LogP contribution is 2.17. The molecule has 0 bridgehead atoms. The number of thiophene rings is 1. The highest BCUT2D eigenvalue weighted by atomic mass is 32.1. The topological polar surface area (TPSA) is 17.1 Å². The Bertz CT molecular complexity index is 878. The van der Waals surface area contributed by atoms with Crippen molar-refractivity contribution < 1.29 is 4.79 Å². The molecular formula is C21H14OS. The average molecular weight is 314 g/mol. The molecule has 0 fully saturated rings. The number of carbonyl (C=O) groups excluding carboxylic acids is 1. The summed E-state index contributed by atoms with van der Waals surface area (Å²) in [6.45, 7) is 0. The maximum absolute atomic E-state index is 12.2. The van der Waals surface area contributed by atoms with Crippen LogP contribution in [0.25, 0.3) is 6.08 Å². The Labute approximate surface area is 139 Å². The molecule has 0 atom stereocenters. The molecular weight excluding hydrogens is 300 g/mol. The number of hydrogen-bond acceptors (Lipinski definition) is 2. The Morgan fingerprint density at radius 2 is 1.52 bits per heavy atom. The first kappa shape index (κ1) is 15.0. The van der Waals surface area contributed by atoms with Gasteiger partial charge in [-0.2, -0.15) is 0 Å². The van der Waals surface area contributed by atoms with Gasteiger partial charge in [-0.15, -0.1) is 11.3 Å². The van der Waals surface area contributed by atoms with Crippen molar-refractivity contribution in [2.75, 3.05) is 0 Å². The summed E-state index contributed by atoms with van der Waals surface area (Å²) >= 11 is 1.42. The van der Waals surface area contributed by atoms with Crippen LogP contribution in [0.15, 0.2) is 78.9 Å². The monoisotopic (exact) mass is 314 g/mol. The van der Waals surface area contributed by atoms with Crippen molar-refractivity contribution in [2.45, 2.75) is 0 Å². The molecule has 0 aliphatic carbocycles. The maximum Gasteiger partial charge on any atom is 0.195 e. The molecule has 1 nitrogen and oxygen atoms in total. The van der Waals surface area contributed by atoms with E-state index in [0.717, 1.165) is 16.0 Å². The van der Waals surface area contributed by atoms with E-state index >= 15 is 0 Å². The van der Waals surface area contributed by atoms with Crippen LogP contribution in [0, 0.1) is 11.8 Å². The van der Waals surface area contributed by atoms with E-state index in [4.69, 9.17) is 0 Å². The van der Waals surface area contributed by atoms with Gasteiger partial charge in [-0.25, -0.2) is 0 Å². The number of ketones is 1. The molecule has 0 aliphatic rings. The summed E-state index contributed by atoms with van der Waals surface area (Å²) in [5.41, 5.74) is 1.99. The summed E-state index contributed by atoms with van der Waals surface area (Å²) in [4.78, 5) is 13.8. The summed E-state index contributed by atoms with van der Waals surface area (Å²) < 4.78 is 0. The van der Waals surface area contributed by atoms with Gasteiger partial charge in [-0.05, 0) is 35.9 Å². The van der Waals surface area contributed by atoms with Crippen LogP contribution in [-0.4, -0.2) is 5.78 Å². The van der Waals surface area contributed by atoms with E-state index < -0.39 is 0 Å². The van der Waals surface area contributed by atoms with E-state index in [1.54, 1.807) is 6.08 Å². The lowest BCUT2D eigenvalue weighted by molar-refractivity contribution is 0.105. The van der Waals surface area contributed by atoms with Crippen molar-refractivity contribution in [2.24, 2.45) is 0 Å². The van der Waals surface area contributed by atoms with E-state index in [2.05, 4.69) is 11.8 Å². The summed E-state index contributed by atoms with van der Waals surface area (Å²) in [5.74, 6) is 6.21. The minimum absolute atomic E-state index is 0.00612. The second kappa shape index (κ2) is 7.40. The fourth-order valence-electron chi connectivity index (χ4n) is 2.01. The fourth-order valence-corrected chi connectivity index (χ4v) is 2.79. The highest BCUT2D eigenvalue weighted by Gasteiger charge is 2.05. The molecule has 23 heavy (non-hydrogen) atoms. The molecule has 3 rings (SSSR count). The molecule has 110 valence electrons. The van der Waals surface area contributed by atoms with Crippen molar-refractivity contribution in [1.29, 1.82) is 0 Å². The summed E-state index contributed by atoms with van der Waals surface area (Å²) in [5, 5.41) is 0. The van der Waals surface area contributed by atoms with Crippen LogP contribution in [0.3, 0.4) is 0 Å². The van der Waals surface area contributed by atoms with Gasteiger partial charge in [-0.3, -0.25) is 4.79 Å². The van der Waals surface area contributed by atoms with Crippen molar-refractivity contribution in [3.05, 3.63) is 99.8 Å². The maximum atomic E-state index is 12.2. The SMILES string of the molecule is O=C(/C=C/c1ccccc1)c1ccc(C#Cc2ccccc2)s1. The normalized spacial score (nSPS) is 10.3. The van der Waals surface area contributed by atoms with Crippen LogP contribution in [0.4, 0.5) is 0 Å². The van der Waals surface area contributed by atoms with Gasteiger partial charge < -0.3 is 0 Å². The molecule has 0 unspecified atom stereocenters. The van der Waals surface area contributed by atoms with Crippen LogP contribution < -0.4 is 0 Å². The van der Waals surface area contributed by atoms with Gasteiger partial charge in [0.1, 0.15) is 0 Å². The molecule has 0 radical (unpaired) electrons. The Kier molecular flexibility index (Phi) is 4.83. The average Bonchev–Trinajstić information content (AvgIpc) is 3.09. The van der Waals surface area contributed by atoms with E-state index in [0.29, 0.717) is 4.88 Å². The lowest BCUT2D eigenvalue weighted by atomic mass is 10.2. The zero-order valence-electron chi connectivity index (χ0n) is 12.4. The van der Waals surface area contributed by atoms with Crippen molar-refractivity contribution in [3.63, 3.8) is 0 Å². The van der Waals surface area contributed by atoms with Gasteiger partial charge in [0.2, 0.25) is 0 Å². The summed E-state index contributed by atoms with van der Waals surface area (Å²) in [6, 6.07) is 23.3. The first-order chi connectivity index (χ1) is 11.3. The standard InChI is InChI=1S/C21H14OS/c22-20(15-12-18-9-5-2-6-10-18)21-16-14-19(23-21)13-11-17-7-3-1-4-8-17/h1-10,12,14-16H/b15-12+. The quantitative estimate of drug-likeness (QED) is 0.376. The molecule has 0 N–H and O–H groups in total. The van der Waals surface area contributed by atoms with E-state index in [1.807, 2.05) is 78.9 Å². The molecule has 0 aliphatic heterocycles. The number of benzene rings is 2. The Balaban J connectivity index is 1.71. The zero-order chi connectivity index (χ0) is 15.9. The van der Waals surface area contributed by atoms with Crippen molar-refractivity contribution in [3.8, 4) is 11.8 Å². The molecule has 0 saturated carbocycles. The Morgan fingerprint density at radius 1 is 0.826 bits per heavy atom. The van der Waals surface area contributed by atoms with Gasteiger partial charge in [0.15, 0.2) is 5.78 Å². The summed E-state index contributed by atoms with van der Waals surface area (Å²) in [6.07, 6.45) is 3.44. The number of hydrogen-bond donors (Lipinski definition) is 0. The molecule has 0 saturated heterocycles. The van der Waals surface area contributed by atoms with Crippen molar-refractivity contribution in [1.82, 2.24) is 0 Å². The van der Waals surface area contributed by atoms with Crippen LogP contribution in [0.5, 0.6) is 0 Å². The van der Waals surface area contributed by atoms with Crippen molar-refractivity contribution >= 4 is 23.2 Å². The lowest BCUT2D eigenvalue weighted by Crippen LogP contribution is -1.88. The van der Waals surface area contributed by atoms with Crippen LogP contribution >= 0.6 is 11.3 Å². The third-order valence-electron chi connectivity index (χ3n) is 3.18. The molecule has 1 aromatic heterocycles. The van der Waals surface area contributed by atoms with Gasteiger partial charge >= 0.3 is 0 Å². The second-order valence-corrected chi connectivity index (χ2v) is 5.97. The van der Waals surface area contributed by atoms with Crippen LogP contribution in [0.2, 0.25) is 0 Å². The van der Waals surface area contributed by atoms with Gasteiger partial charge in [-0.1, -0.05) is 66.4 Å². The molecule has 1 heterocycles. The van der Waals surface area contributed by atoms with E-state index in [-0.39, 0.29) is 5.78 Å². The molecule has 3 aromatic rings. The first-order valence-electron chi connectivity index (χ1n) is 7.26. The Hall–Kier alpha value is -2.89. The molecule has 2 aromatic carbocycles. The van der Waals surface area contributed by atoms with Gasteiger partial charge in [0, 0.05) is 5.56 Å². The smallest absolute Gasteiger partial charge is 0.195 e. The number of allylic oxidation sites excluding steroid dienone is 1. The zero-order valence-corrected chi connectivity index (χ0v) is 13.2. The molecule has 0 amide bonds. The molecule has 0 spiro atoms. The van der Waals surface area contributed by atoms with E-state index in [9.17, 15) is 4.79 Å². The summed E-state index contributed by atoms with van der Waals surface area (Å²) in [7, 11) is 0. The fraction of sp³-hybridized carbons (Fsp3) is 0. The van der Waals surface area contributed by atoms with Gasteiger partial charge in [0.25, 0.3) is 0 Å². The molecule has 2 heteroatoms. The minimum Gasteiger partial charge on any atom is -0.288 e. The van der Waals surface area contributed by atoms with Gasteiger partial charge in [0.05, 0.1) is 9.75 Å². The number of carbonyl (C=O) groups is 1. The minimum atomic E-state index is 0.00612. The van der Waals surface area contributed by atoms with Crippen LogP contribution in [-0.2, 0) is 0 Å². The van der Waals surface area contributed by atoms with Crippen LogP contribution in [0.1, 0.15) is 25.7 Å². The predicted octanol–water partition coefficient (Wildman–Crippen LogP) is 5.04. The lowest BCUT2D eigenvalue weighted by Gasteiger charge is -1.91. The third kappa shape index (κ3) is 4.29. The predicted molar refractivity (Wildman–Crippen MR) is 96.5 cm³/mol.